The van der Waals surface area contributed by atoms with Crippen LogP contribution in [-0.2, 0) is 4.79 Å². The standard InChI is InChI=1S/C26H32Cl2O5/c1-4-5-6-7-8-9-16-31-20-11-13-21(14-12-20)32-25(29)19-10-15-23(22(27)17-19)33-26(30)24(28)18(2)3/h10-15,17-18,24H,4-9,16H2,1-3H3. The van der Waals surface area contributed by atoms with Crippen LogP contribution in [0.2, 0.25) is 5.02 Å². The third-order valence-corrected chi connectivity index (χ3v) is 5.97. The molecule has 0 spiro atoms. The van der Waals surface area contributed by atoms with E-state index in [1.807, 2.05) is 13.8 Å². The zero-order chi connectivity index (χ0) is 24.2. The van der Waals surface area contributed by atoms with Crippen molar-refractivity contribution in [3.05, 3.63) is 53.1 Å². The summed E-state index contributed by atoms with van der Waals surface area (Å²) >= 11 is 12.2. The summed E-state index contributed by atoms with van der Waals surface area (Å²) in [7, 11) is 0. The van der Waals surface area contributed by atoms with Crippen molar-refractivity contribution in [3.8, 4) is 17.2 Å². The number of carbonyl (C=O) groups is 2. The number of benzene rings is 2. The van der Waals surface area contributed by atoms with Gasteiger partial charge in [0.15, 0.2) is 0 Å². The zero-order valence-electron chi connectivity index (χ0n) is 19.4. The van der Waals surface area contributed by atoms with E-state index in [0.717, 1.165) is 12.2 Å². The second-order valence-electron chi connectivity index (χ2n) is 8.19. The van der Waals surface area contributed by atoms with Crippen LogP contribution in [0, 0.1) is 5.92 Å². The second-order valence-corrected chi connectivity index (χ2v) is 9.07. The third-order valence-electron chi connectivity index (χ3n) is 4.99. The predicted octanol–water partition coefficient (Wildman–Crippen LogP) is 7.47. The van der Waals surface area contributed by atoms with Gasteiger partial charge in [-0.15, -0.1) is 11.6 Å². The van der Waals surface area contributed by atoms with Crippen LogP contribution in [-0.4, -0.2) is 23.9 Å². The van der Waals surface area contributed by atoms with Crippen LogP contribution in [0.25, 0.3) is 0 Å². The first-order valence-corrected chi connectivity index (χ1v) is 12.2. The van der Waals surface area contributed by atoms with E-state index in [1.165, 1.54) is 50.3 Å². The summed E-state index contributed by atoms with van der Waals surface area (Å²) in [6, 6.07) is 11.2. The number of esters is 2. The molecule has 0 fully saturated rings. The number of halogens is 2. The van der Waals surface area contributed by atoms with Gasteiger partial charge in [0.05, 0.1) is 17.2 Å². The second kappa shape index (κ2) is 14.1. The van der Waals surface area contributed by atoms with E-state index in [4.69, 9.17) is 37.4 Å². The van der Waals surface area contributed by atoms with Gasteiger partial charge in [0, 0.05) is 0 Å². The lowest BCUT2D eigenvalue weighted by molar-refractivity contribution is -0.134. The Labute approximate surface area is 206 Å². The van der Waals surface area contributed by atoms with Crippen molar-refractivity contribution >= 4 is 35.1 Å². The smallest absolute Gasteiger partial charge is 0.343 e. The van der Waals surface area contributed by atoms with Crippen molar-refractivity contribution in [1.82, 2.24) is 0 Å². The topological polar surface area (TPSA) is 61.8 Å². The van der Waals surface area contributed by atoms with Crippen molar-refractivity contribution in [3.63, 3.8) is 0 Å². The molecule has 33 heavy (non-hydrogen) atoms. The molecular weight excluding hydrogens is 463 g/mol. The molecule has 0 aliphatic rings. The van der Waals surface area contributed by atoms with Crippen LogP contribution < -0.4 is 14.2 Å². The van der Waals surface area contributed by atoms with Crippen LogP contribution in [0.1, 0.15) is 69.7 Å². The normalized spacial score (nSPS) is 11.8. The molecule has 0 aliphatic carbocycles. The molecule has 1 atom stereocenters. The van der Waals surface area contributed by atoms with Crippen molar-refractivity contribution in [2.24, 2.45) is 5.92 Å². The van der Waals surface area contributed by atoms with Crippen molar-refractivity contribution in [2.45, 2.75) is 64.7 Å². The Morgan fingerprint density at radius 2 is 1.52 bits per heavy atom. The lowest BCUT2D eigenvalue weighted by Crippen LogP contribution is -2.25. The molecular formula is C26H32Cl2O5. The summed E-state index contributed by atoms with van der Waals surface area (Å²) in [5.74, 6) is 0.00329. The molecule has 180 valence electrons. The number of hydrogen-bond donors (Lipinski definition) is 0. The molecule has 0 aliphatic heterocycles. The zero-order valence-corrected chi connectivity index (χ0v) is 21.0. The Hall–Kier alpha value is -2.24. The molecule has 5 nitrogen and oxygen atoms in total. The van der Waals surface area contributed by atoms with Crippen LogP contribution in [0.4, 0.5) is 0 Å². The van der Waals surface area contributed by atoms with Crippen molar-refractivity contribution in [1.29, 1.82) is 0 Å². The molecule has 7 heteroatoms. The first-order chi connectivity index (χ1) is 15.8. The van der Waals surface area contributed by atoms with Crippen LogP contribution in [0.5, 0.6) is 17.2 Å². The number of alkyl halides is 1. The van der Waals surface area contributed by atoms with Gasteiger partial charge in [-0.05, 0) is 54.8 Å². The van der Waals surface area contributed by atoms with E-state index in [2.05, 4.69) is 6.92 Å². The van der Waals surface area contributed by atoms with Crippen LogP contribution in [0.3, 0.4) is 0 Å². The number of carbonyl (C=O) groups excluding carboxylic acids is 2. The highest BCUT2D eigenvalue weighted by molar-refractivity contribution is 6.33. The third kappa shape index (κ3) is 9.26. The van der Waals surface area contributed by atoms with Gasteiger partial charge < -0.3 is 14.2 Å². The lowest BCUT2D eigenvalue weighted by Gasteiger charge is -2.13. The molecule has 2 aromatic rings. The van der Waals surface area contributed by atoms with E-state index in [9.17, 15) is 9.59 Å². The van der Waals surface area contributed by atoms with Gasteiger partial charge in [-0.1, -0.05) is 64.5 Å². The van der Waals surface area contributed by atoms with Crippen LogP contribution >= 0.6 is 23.2 Å². The van der Waals surface area contributed by atoms with Gasteiger partial charge >= 0.3 is 11.9 Å². The minimum atomic E-state index is -0.788. The molecule has 2 rings (SSSR count). The van der Waals surface area contributed by atoms with Crippen molar-refractivity contribution in [2.75, 3.05) is 6.61 Å². The van der Waals surface area contributed by atoms with Gasteiger partial charge in [-0.3, -0.25) is 4.79 Å². The largest absolute Gasteiger partial charge is 0.494 e. The molecule has 0 amide bonds. The monoisotopic (exact) mass is 494 g/mol. The molecule has 2 aromatic carbocycles. The summed E-state index contributed by atoms with van der Waals surface area (Å²) in [5, 5.41) is -0.674. The first kappa shape index (κ1) is 27.0. The molecule has 0 saturated carbocycles. The van der Waals surface area contributed by atoms with E-state index < -0.39 is 17.3 Å². The Morgan fingerprint density at radius 1 is 0.879 bits per heavy atom. The van der Waals surface area contributed by atoms with Gasteiger partial charge in [0.1, 0.15) is 22.6 Å². The van der Waals surface area contributed by atoms with Gasteiger partial charge in [0.25, 0.3) is 0 Å². The first-order valence-electron chi connectivity index (χ1n) is 11.4. The SMILES string of the molecule is CCCCCCCCOc1ccc(OC(=O)c2ccc(OC(=O)C(Cl)C(C)C)c(Cl)c2)cc1. The molecule has 0 aromatic heterocycles. The number of ether oxygens (including phenoxy) is 3. The molecule has 0 bridgehead atoms. The van der Waals surface area contributed by atoms with E-state index in [0.29, 0.717) is 12.4 Å². The molecule has 0 N–H and O–H groups in total. The quantitative estimate of drug-likeness (QED) is 0.125. The maximum Gasteiger partial charge on any atom is 0.343 e. The van der Waals surface area contributed by atoms with Crippen molar-refractivity contribution < 1.29 is 23.8 Å². The minimum Gasteiger partial charge on any atom is -0.494 e. The fourth-order valence-electron chi connectivity index (χ4n) is 2.99. The molecule has 0 saturated heterocycles. The van der Waals surface area contributed by atoms with E-state index in [1.54, 1.807) is 24.3 Å². The number of unbranched alkanes of at least 4 members (excludes halogenated alkanes) is 5. The summed E-state index contributed by atoms with van der Waals surface area (Å²) in [5.41, 5.74) is 0.231. The maximum absolute atomic E-state index is 12.5. The summed E-state index contributed by atoms with van der Waals surface area (Å²) in [6.07, 6.45) is 7.24. The summed E-state index contributed by atoms with van der Waals surface area (Å²) < 4.78 is 16.4. The summed E-state index contributed by atoms with van der Waals surface area (Å²) in [4.78, 5) is 24.5. The average Bonchev–Trinajstić information content (AvgIpc) is 2.80. The predicted molar refractivity (Wildman–Crippen MR) is 132 cm³/mol. The molecule has 0 radical (unpaired) electrons. The minimum absolute atomic E-state index is 0.0838. The average molecular weight is 495 g/mol. The number of hydrogen-bond acceptors (Lipinski definition) is 5. The fraction of sp³-hybridized carbons (Fsp3) is 0.462. The fourth-order valence-corrected chi connectivity index (χ4v) is 3.25. The Kier molecular flexibility index (Phi) is 11.6. The van der Waals surface area contributed by atoms with Gasteiger partial charge in [-0.2, -0.15) is 0 Å². The van der Waals surface area contributed by atoms with Gasteiger partial charge in [0.2, 0.25) is 0 Å². The highest BCUT2D eigenvalue weighted by atomic mass is 35.5. The molecule has 0 heterocycles. The number of rotatable bonds is 13. The Balaban J connectivity index is 1.84. The van der Waals surface area contributed by atoms with E-state index in [-0.39, 0.29) is 22.3 Å². The summed E-state index contributed by atoms with van der Waals surface area (Å²) in [6.45, 7) is 6.50. The van der Waals surface area contributed by atoms with Crippen LogP contribution in [0.15, 0.2) is 42.5 Å². The lowest BCUT2D eigenvalue weighted by atomic mass is 10.1. The molecule has 1 unspecified atom stereocenters. The maximum atomic E-state index is 12.5. The Morgan fingerprint density at radius 3 is 2.15 bits per heavy atom. The Bertz CT molecular complexity index is 896. The highest BCUT2D eigenvalue weighted by Crippen LogP contribution is 2.28. The van der Waals surface area contributed by atoms with E-state index >= 15 is 0 Å². The highest BCUT2D eigenvalue weighted by Gasteiger charge is 2.22. The van der Waals surface area contributed by atoms with Gasteiger partial charge in [-0.25, -0.2) is 4.79 Å².